The molecule has 29 heavy (non-hydrogen) atoms. The third kappa shape index (κ3) is 4.43. The summed E-state index contributed by atoms with van der Waals surface area (Å²) >= 11 is 1.60. The van der Waals surface area contributed by atoms with Crippen LogP contribution < -0.4 is 14.3 Å². The summed E-state index contributed by atoms with van der Waals surface area (Å²) < 4.78 is 18.6. The van der Waals surface area contributed by atoms with Gasteiger partial charge in [-0.05, 0) is 73.2 Å². The van der Waals surface area contributed by atoms with Crippen LogP contribution in [0.25, 0.3) is 11.3 Å². The number of nitrogens with zero attached hydrogens (tertiary/aromatic N) is 2. The minimum atomic E-state index is 0.605. The second-order valence-electron chi connectivity index (χ2n) is 6.34. The lowest BCUT2D eigenvalue weighted by atomic mass is 10.1. The Balaban J connectivity index is 1.75. The number of benzene rings is 2. The topological polar surface area (TPSA) is 48.9 Å². The first-order valence-corrected chi connectivity index (χ1v) is 10.3. The van der Waals surface area contributed by atoms with Crippen LogP contribution in [0.4, 0.5) is 5.69 Å². The van der Waals surface area contributed by atoms with Crippen molar-refractivity contribution in [2.24, 2.45) is 4.99 Å². The molecule has 0 atom stereocenters. The van der Waals surface area contributed by atoms with E-state index in [9.17, 15) is 0 Å². The lowest BCUT2D eigenvalue weighted by Crippen LogP contribution is -2.16. The van der Waals surface area contributed by atoms with Crippen LogP contribution in [0.15, 0.2) is 81.7 Å². The SMILES string of the molecule is CCOc1ccc(N=c2scc(-c3ccc(OC)cc3)n2Cc2ccco2)cc1. The molecular formula is C23H22N2O3S. The Bertz CT molecular complexity index is 1110. The fraction of sp³-hybridized carbons (Fsp3) is 0.174. The normalized spacial score (nSPS) is 11.6. The van der Waals surface area contributed by atoms with Gasteiger partial charge in [-0.25, -0.2) is 4.99 Å². The highest BCUT2D eigenvalue weighted by Crippen LogP contribution is 2.25. The summed E-state index contributed by atoms with van der Waals surface area (Å²) in [6.07, 6.45) is 1.69. The average Bonchev–Trinajstić information content (AvgIpc) is 3.41. The average molecular weight is 407 g/mol. The lowest BCUT2D eigenvalue weighted by molar-refractivity contribution is 0.340. The Hall–Kier alpha value is -3.25. The predicted molar refractivity (Wildman–Crippen MR) is 115 cm³/mol. The highest BCUT2D eigenvalue weighted by molar-refractivity contribution is 7.07. The van der Waals surface area contributed by atoms with Gasteiger partial charge in [0, 0.05) is 5.38 Å². The van der Waals surface area contributed by atoms with Gasteiger partial charge in [0.1, 0.15) is 17.3 Å². The molecular weight excluding hydrogens is 384 g/mol. The summed E-state index contributed by atoms with van der Waals surface area (Å²) in [7, 11) is 1.67. The molecule has 0 aliphatic rings. The second-order valence-corrected chi connectivity index (χ2v) is 7.17. The monoisotopic (exact) mass is 406 g/mol. The van der Waals surface area contributed by atoms with Crippen molar-refractivity contribution < 1.29 is 13.9 Å². The van der Waals surface area contributed by atoms with Crippen molar-refractivity contribution in [3.8, 4) is 22.8 Å². The molecule has 0 radical (unpaired) electrons. The smallest absolute Gasteiger partial charge is 0.190 e. The van der Waals surface area contributed by atoms with Crippen LogP contribution in [0.2, 0.25) is 0 Å². The van der Waals surface area contributed by atoms with Crippen molar-refractivity contribution in [1.29, 1.82) is 0 Å². The van der Waals surface area contributed by atoms with Gasteiger partial charge >= 0.3 is 0 Å². The zero-order chi connectivity index (χ0) is 20.1. The molecule has 0 aliphatic carbocycles. The van der Waals surface area contributed by atoms with E-state index in [1.807, 2.05) is 55.5 Å². The molecule has 0 saturated carbocycles. The molecule has 0 bridgehead atoms. The molecule has 0 aliphatic heterocycles. The number of rotatable bonds is 7. The third-order valence-corrected chi connectivity index (χ3v) is 5.31. The highest BCUT2D eigenvalue weighted by atomic mass is 32.1. The van der Waals surface area contributed by atoms with E-state index in [1.54, 1.807) is 24.7 Å². The molecule has 2 aromatic heterocycles. The zero-order valence-corrected chi connectivity index (χ0v) is 17.2. The van der Waals surface area contributed by atoms with Crippen LogP contribution in [0.5, 0.6) is 11.5 Å². The molecule has 0 N–H and O–H groups in total. The van der Waals surface area contributed by atoms with E-state index in [0.717, 1.165) is 39.0 Å². The van der Waals surface area contributed by atoms with Crippen molar-refractivity contribution in [2.75, 3.05) is 13.7 Å². The number of aromatic nitrogens is 1. The maximum absolute atomic E-state index is 5.59. The van der Waals surface area contributed by atoms with Crippen LogP contribution in [-0.4, -0.2) is 18.3 Å². The van der Waals surface area contributed by atoms with E-state index >= 15 is 0 Å². The molecule has 2 aromatic carbocycles. The van der Waals surface area contributed by atoms with Crippen LogP contribution in [0.3, 0.4) is 0 Å². The van der Waals surface area contributed by atoms with Crippen molar-refractivity contribution in [3.63, 3.8) is 0 Å². The molecule has 0 amide bonds. The van der Waals surface area contributed by atoms with Gasteiger partial charge in [-0.1, -0.05) is 0 Å². The van der Waals surface area contributed by atoms with Crippen molar-refractivity contribution in [3.05, 3.63) is 82.9 Å². The summed E-state index contributed by atoms with van der Waals surface area (Å²) in [5, 5.41) is 2.12. The Morgan fingerprint density at radius 1 is 1.00 bits per heavy atom. The van der Waals surface area contributed by atoms with E-state index in [0.29, 0.717) is 13.2 Å². The van der Waals surface area contributed by atoms with E-state index in [-0.39, 0.29) is 0 Å². The Morgan fingerprint density at radius 3 is 2.41 bits per heavy atom. The molecule has 0 saturated heterocycles. The third-order valence-electron chi connectivity index (χ3n) is 4.45. The largest absolute Gasteiger partial charge is 0.497 e. The number of hydrogen-bond acceptors (Lipinski definition) is 5. The standard InChI is InChI=1S/C23H22N2O3S/c1-3-27-20-12-8-18(9-13-20)24-23-25(15-21-5-4-14-28-21)22(16-29-23)17-6-10-19(26-2)11-7-17/h4-14,16H,3,15H2,1-2H3. The Labute approximate surface area is 173 Å². The number of methoxy groups -OCH3 is 1. The first-order valence-electron chi connectivity index (χ1n) is 9.39. The van der Waals surface area contributed by atoms with Gasteiger partial charge in [0.05, 0.1) is 37.9 Å². The first kappa shape index (κ1) is 19.1. The fourth-order valence-corrected chi connectivity index (χ4v) is 3.94. The van der Waals surface area contributed by atoms with Crippen LogP contribution in [-0.2, 0) is 6.54 Å². The van der Waals surface area contributed by atoms with Crippen LogP contribution in [0, 0.1) is 0 Å². The first-order chi connectivity index (χ1) is 14.3. The van der Waals surface area contributed by atoms with Gasteiger partial charge in [-0.2, -0.15) is 0 Å². The molecule has 0 unspecified atom stereocenters. The molecule has 6 heteroatoms. The quantitative estimate of drug-likeness (QED) is 0.407. The van der Waals surface area contributed by atoms with E-state index < -0.39 is 0 Å². The van der Waals surface area contributed by atoms with Gasteiger partial charge in [-0.15, -0.1) is 11.3 Å². The summed E-state index contributed by atoms with van der Waals surface area (Å²) in [6, 6.07) is 19.7. The molecule has 5 nitrogen and oxygen atoms in total. The maximum atomic E-state index is 5.59. The molecule has 148 valence electrons. The summed E-state index contributed by atoms with van der Waals surface area (Å²) in [5.74, 6) is 2.56. The van der Waals surface area contributed by atoms with Gasteiger partial charge in [0.2, 0.25) is 0 Å². The highest BCUT2D eigenvalue weighted by Gasteiger charge is 2.10. The molecule has 0 spiro atoms. The van der Waals surface area contributed by atoms with Crippen LogP contribution in [0.1, 0.15) is 12.7 Å². The number of hydrogen-bond donors (Lipinski definition) is 0. The second kappa shape index (κ2) is 8.84. The summed E-state index contributed by atoms with van der Waals surface area (Å²) in [6.45, 7) is 3.23. The number of thiazole rings is 1. The van der Waals surface area contributed by atoms with Crippen molar-refractivity contribution in [1.82, 2.24) is 4.57 Å². The lowest BCUT2D eigenvalue weighted by Gasteiger charge is -2.09. The maximum Gasteiger partial charge on any atom is 0.190 e. The van der Waals surface area contributed by atoms with E-state index in [2.05, 4.69) is 22.1 Å². The molecule has 4 rings (SSSR count). The minimum Gasteiger partial charge on any atom is -0.497 e. The van der Waals surface area contributed by atoms with Gasteiger partial charge in [0.25, 0.3) is 0 Å². The predicted octanol–water partition coefficient (Wildman–Crippen LogP) is 5.50. The van der Waals surface area contributed by atoms with Crippen molar-refractivity contribution in [2.45, 2.75) is 13.5 Å². The van der Waals surface area contributed by atoms with Crippen LogP contribution >= 0.6 is 11.3 Å². The summed E-state index contributed by atoms with van der Waals surface area (Å²) in [4.78, 5) is 5.76. The van der Waals surface area contributed by atoms with E-state index in [4.69, 9.17) is 18.9 Å². The minimum absolute atomic E-state index is 0.605. The van der Waals surface area contributed by atoms with Gasteiger partial charge < -0.3 is 18.5 Å². The Morgan fingerprint density at radius 2 is 1.76 bits per heavy atom. The molecule has 2 heterocycles. The Kier molecular flexibility index (Phi) is 5.81. The van der Waals surface area contributed by atoms with Gasteiger partial charge in [-0.3, -0.25) is 0 Å². The van der Waals surface area contributed by atoms with Gasteiger partial charge in [0.15, 0.2) is 4.80 Å². The number of ether oxygens (including phenoxy) is 2. The van der Waals surface area contributed by atoms with E-state index in [1.165, 1.54) is 0 Å². The summed E-state index contributed by atoms with van der Waals surface area (Å²) in [5.41, 5.74) is 3.06. The fourth-order valence-electron chi connectivity index (χ4n) is 3.02. The molecule has 0 fully saturated rings. The molecule has 4 aromatic rings. The zero-order valence-electron chi connectivity index (χ0n) is 16.4. The number of furan rings is 1. The van der Waals surface area contributed by atoms with Crippen molar-refractivity contribution >= 4 is 17.0 Å².